The summed E-state index contributed by atoms with van der Waals surface area (Å²) in [5, 5.41) is 3.22. The molecule has 21 heavy (non-hydrogen) atoms. The number of aromatic nitrogens is 2. The molecule has 1 amide bonds. The number of benzene rings is 1. The van der Waals surface area contributed by atoms with Gasteiger partial charge in [-0.2, -0.15) is 0 Å². The number of H-pyrrole nitrogens is 1. The van der Waals surface area contributed by atoms with Crippen LogP contribution in [0.25, 0.3) is 0 Å². The molecule has 2 N–H and O–H groups in total. The summed E-state index contributed by atoms with van der Waals surface area (Å²) >= 11 is 7.91. The van der Waals surface area contributed by atoms with Crippen molar-refractivity contribution in [3.05, 3.63) is 49.3 Å². The van der Waals surface area contributed by atoms with Crippen molar-refractivity contribution in [2.75, 3.05) is 11.1 Å². The molecule has 1 heterocycles. The Morgan fingerprint density at radius 1 is 1.38 bits per heavy atom. The number of aromatic amines is 1. The summed E-state index contributed by atoms with van der Waals surface area (Å²) < 4.78 is 1.71. The Morgan fingerprint density at radius 2 is 2.14 bits per heavy atom. The first kappa shape index (κ1) is 16.3. The number of anilines is 1. The summed E-state index contributed by atoms with van der Waals surface area (Å²) in [5.74, 6) is -0.0123. The van der Waals surface area contributed by atoms with Crippen LogP contribution in [0.2, 0.25) is 0 Å². The standard InChI is InChI=1S/C13H11Br2N3O2S/c1-7-4-11(19)18-13(16-7)21-6-12(20)17-10-3-2-8(14)5-9(10)15/h2-5H,6H2,1H3,(H,17,20)(H,16,18,19). The van der Waals surface area contributed by atoms with Gasteiger partial charge < -0.3 is 10.3 Å². The van der Waals surface area contributed by atoms with E-state index in [1.165, 1.54) is 17.8 Å². The maximum absolute atomic E-state index is 11.9. The van der Waals surface area contributed by atoms with Gasteiger partial charge >= 0.3 is 0 Å². The van der Waals surface area contributed by atoms with Crippen LogP contribution in [0.5, 0.6) is 0 Å². The highest BCUT2D eigenvalue weighted by atomic mass is 79.9. The zero-order valence-corrected chi connectivity index (χ0v) is 14.9. The Balaban J connectivity index is 1.97. The van der Waals surface area contributed by atoms with Crippen molar-refractivity contribution in [3.63, 3.8) is 0 Å². The van der Waals surface area contributed by atoms with Crippen LogP contribution < -0.4 is 10.9 Å². The summed E-state index contributed by atoms with van der Waals surface area (Å²) in [6, 6.07) is 6.89. The lowest BCUT2D eigenvalue weighted by Crippen LogP contribution is -2.15. The molecule has 0 unspecified atom stereocenters. The highest BCUT2D eigenvalue weighted by Gasteiger charge is 2.08. The second kappa shape index (κ2) is 7.24. The maximum Gasteiger partial charge on any atom is 0.251 e. The molecule has 0 saturated carbocycles. The molecule has 0 aliphatic rings. The fourth-order valence-electron chi connectivity index (χ4n) is 1.53. The van der Waals surface area contributed by atoms with Crippen LogP contribution in [-0.4, -0.2) is 21.6 Å². The zero-order chi connectivity index (χ0) is 15.4. The molecule has 2 aromatic rings. The fourth-order valence-corrected chi connectivity index (χ4v) is 3.40. The second-order valence-electron chi connectivity index (χ2n) is 4.15. The van der Waals surface area contributed by atoms with Crippen LogP contribution in [0.15, 0.2) is 43.2 Å². The Bertz CT molecular complexity index is 734. The largest absolute Gasteiger partial charge is 0.324 e. The van der Waals surface area contributed by atoms with Gasteiger partial charge in [0.1, 0.15) is 0 Å². The van der Waals surface area contributed by atoms with E-state index in [0.717, 1.165) is 8.95 Å². The lowest BCUT2D eigenvalue weighted by Gasteiger charge is -2.07. The zero-order valence-electron chi connectivity index (χ0n) is 10.9. The predicted octanol–water partition coefficient (Wildman–Crippen LogP) is 3.33. The lowest BCUT2D eigenvalue weighted by atomic mass is 10.3. The molecule has 1 aromatic heterocycles. The average Bonchev–Trinajstić information content (AvgIpc) is 2.39. The summed E-state index contributed by atoms with van der Waals surface area (Å²) in [5.41, 5.74) is 1.09. The van der Waals surface area contributed by atoms with E-state index in [2.05, 4.69) is 47.1 Å². The molecule has 0 radical (unpaired) electrons. The first-order chi connectivity index (χ1) is 9.94. The van der Waals surface area contributed by atoms with Crippen LogP contribution in [0, 0.1) is 6.92 Å². The van der Waals surface area contributed by atoms with Gasteiger partial charge in [-0.3, -0.25) is 9.59 Å². The van der Waals surface area contributed by atoms with Gasteiger partial charge in [0.2, 0.25) is 5.91 Å². The van der Waals surface area contributed by atoms with Crippen molar-refractivity contribution in [3.8, 4) is 0 Å². The number of halogens is 2. The molecule has 0 fully saturated rings. The first-order valence-electron chi connectivity index (χ1n) is 5.90. The van der Waals surface area contributed by atoms with E-state index in [4.69, 9.17) is 0 Å². The van der Waals surface area contributed by atoms with Crippen molar-refractivity contribution in [1.82, 2.24) is 9.97 Å². The summed E-state index contributed by atoms with van der Waals surface area (Å²) in [7, 11) is 0. The van der Waals surface area contributed by atoms with Crippen molar-refractivity contribution < 1.29 is 4.79 Å². The van der Waals surface area contributed by atoms with Crippen LogP contribution in [0.3, 0.4) is 0 Å². The van der Waals surface area contributed by atoms with Gasteiger partial charge in [-0.25, -0.2) is 4.98 Å². The Kier molecular flexibility index (Phi) is 5.60. The quantitative estimate of drug-likeness (QED) is 0.573. The summed E-state index contributed by atoms with van der Waals surface area (Å²) in [4.78, 5) is 30.0. The minimum Gasteiger partial charge on any atom is -0.324 e. The van der Waals surface area contributed by atoms with E-state index in [1.807, 2.05) is 12.1 Å². The monoisotopic (exact) mass is 431 g/mol. The molecule has 0 atom stereocenters. The van der Waals surface area contributed by atoms with E-state index >= 15 is 0 Å². The Hall–Kier alpha value is -1.12. The van der Waals surface area contributed by atoms with Crippen LogP contribution >= 0.6 is 43.6 Å². The third-order valence-electron chi connectivity index (χ3n) is 2.39. The molecule has 5 nitrogen and oxygen atoms in total. The molecule has 2 rings (SSSR count). The minimum absolute atomic E-state index is 0.162. The van der Waals surface area contributed by atoms with Gasteiger partial charge in [0, 0.05) is 20.7 Å². The number of hydrogen-bond acceptors (Lipinski definition) is 4. The van der Waals surface area contributed by atoms with Crippen molar-refractivity contribution in [2.24, 2.45) is 0 Å². The van der Waals surface area contributed by atoms with Gasteiger partial charge in [0.05, 0.1) is 11.4 Å². The maximum atomic E-state index is 11.9. The second-order valence-corrected chi connectivity index (χ2v) is 6.89. The van der Waals surface area contributed by atoms with Crippen LogP contribution in [0.4, 0.5) is 5.69 Å². The first-order valence-corrected chi connectivity index (χ1v) is 8.47. The van der Waals surface area contributed by atoms with E-state index in [0.29, 0.717) is 16.5 Å². The average molecular weight is 433 g/mol. The highest BCUT2D eigenvalue weighted by Crippen LogP contribution is 2.26. The number of nitrogens with one attached hydrogen (secondary N) is 2. The number of amides is 1. The molecular weight excluding hydrogens is 422 g/mol. The predicted molar refractivity (Wildman–Crippen MR) is 90.8 cm³/mol. The van der Waals surface area contributed by atoms with Crippen LogP contribution in [0.1, 0.15) is 5.69 Å². The summed E-state index contributed by atoms with van der Waals surface area (Å²) in [6.07, 6.45) is 0. The molecule has 8 heteroatoms. The van der Waals surface area contributed by atoms with Crippen molar-refractivity contribution in [2.45, 2.75) is 12.1 Å². The third-order valence-corrected chi connectivity index (χ3v) is 4.42. The summed E-state index contributed by atoms with van der Waals surface area (Å²) in [6.45, 7) is 1.73. The molecule has 0 spiro atoms. The van der Waals surface area contributed by atoms with Gasteiger partial charge in [-0.15, -0.1) is 0 Å². The molecule has 0 bridgehead atoms. The number of hydrogen-bond donors (Lipinski definition) is 2. The fraction of sp³-hybridized carbons (Fsp3) is 0.154. The SMILES string of the molecule is Cc1cc(=O)[nH]c(SCC(=O)Nc2ccc(Br)cc2Br)n1. The number of carbonyl (C=O) groups excluding carboxylic acids is 1. The number of nitrogens with zero attached hydrogens (tertiary/aromatic N) is 1. The lowest BCUT2D eigenvalue weighted by molar-refractivity contribution is -0.113. The van der Waals surface area contributed by atoms with E-state index < -0.39 is 0 Å². The molecule has 1 aromatic carbocycles. The topological polar surface area (TPSA) is 74.8 Å². The van der Waals surface area contributed by atoms with E-state index in [1.54, 1.807) is 13.0 Å². The number of carbonyl (C=O) groups is 1. The minimum atomic E-state index is -0.221. The molecule has 110 valence electrons. The third kappa shape index (κ3) is 4.98. The smallest absolute Gasteiger partial charge is 0.251 e. The highest BCUT2D eigenvalue weighted by molar-refractivity contribution is 9.11. The van der Waals surface area contributed by atoms with Gasteiger partial charge in [0.25, 0.3) is 5.56 Å². The molecular formula is C13H11Br2N3O2S. The van der Waals surface area contributed by atoms with Crippen molar-refractivity contribution in [1.29, 1.82) is 0 Å². The molecule has 0 aliphatic carbocycles. The Labute approximate surface area is 142 Å². The van der Waals surface area contributed by atoms with Gasteiger partial charge in [-0.05, 0) is 41.1 Å². The van der Waals surface area contributed by atoms with Crippen LogP contribution in [-0.2, 0) is 4.79 Å². The number of thioether (sulfide) groups is 1. The molecule has 0 aliphatic heterocycles. The van der Waals surface area contributed by atoms with Gasteiger partial charge in [-0.1, -0.05) is 27.7 Å². The van der Waals surface area contributed by atoms with Crippen molar-refractivity contribution >= 4 is 55.2 Å². The Morgan fingerprint density at radius 3 is 2.81 bits per heavy atom. The number of rotatable bonds is 4. The normalized spacial score (nSPS) is 10.4. The van der Waals surface area contributed by atoms with E-state index in [9.17, 15) is 9.59 Å². The number of aryl methyl sites for hydroxylation is 1. The molecule has 0 saturated heterocycles. The van der Waals surface area contributed by atoms with Gasteiger partial charge in [0.15, 0.2) is 5.16 Å². The van der Waals surface area contributed by atoms with E-state index in [-0.39, 0.29) is 17.2 Å².